The van der Waals surface area contributed by atoms with Crippen LogP contribution in [0.5, 0.6) is 0 Å². The second-order valence-electron chi connectivity index (χ2n) is 4.10. The molecule has 20 heavy (non-hydrogen) atoms. The zero-order valence-corrected chi connectivity index (χ0v) is 12.2. The number of hydrazone groups is 1. The van der Waals surface area contributed by atoms with E-state index in [1.165, 1.54) is 0 Å². The van der Waals surface area contributed by atoms with Crippen LogP contribution in [0, 0.1) is 0 Å². The second-order valence-corrected chi connectivity index (χ2v) is 4.10. The van der Waals surface area contributed by atoms with Gasteiger partial charge in [0.1, 0.15) is 0 Å². The number of nitrogens with zero attached hydrogens (tertiary/aromatic N) is 1. The Morgan fingerprint density at radius 3 is 1.90 bits per heavy atom. The van der Waals surface area contributed by atoms with E-state index in [-0.39, 0.29) is 0 Å². The average Bonchev–Trinajstić information content (AvgIpc) is 2.51. The van der Waals surface area contributed by atoms with Gasteiger partial charge in [0.25, 0.3) is 0 Å². The van der Waals surface area contributed by atoms with Crippen molar-refractivity contribution in [1.29, 1.82) is 0 Å². The number of hydrogen-bond acceptors (Lipinski definition) is 3. The first kappa shape index (κ1) is 15.9. The molecule has 0 aliphatic heterocycles. The van der Waals surface area contributed by atoms with Crippen LogP contribution in [0.15, 0.2) is 65.8 Å². The molecule has 0 saturated carbocycles. The SMILES string of the molecule is C(=NNc1ccccc1)c1ccccc1.CCNCC. The molecule has 0 atom stereocenters. The first-order valence-corrected chi connectivity index (χ1v) is 6.96. The zero-order valence-electron chi connectivity index (χ0n) is 12.2. The van der Waals surface area contributed by atoms with Crippen LogP contribution in [-0.2, 0) is 0 Å². The summed E-state index contributed by atoms with van der Waals surface area (Å²) >= 11 is 0. The monoisotopic (exact) mass is 269 g/mol. The first-order chi connectivity index (χ1) is 9.86. The van der Waals surface area contributed by atoms with Crippen LogP contribution in [0.4, 0.5) is 5.69 Å². The highest BCUT2D eigenvalue weighted by Crippen LogP contribution is 2.04. The van der Waals surface area contributed by atoms with Crippen molar-refractivity contribution in [3.8, 4) is 0 Å². The first-order valence-electron chi connectivity index (χ1n) is 6.96. The minimum atomic E-state index is 0.990. The van der Waals surface area contributed by atoms with E-state index in [9.17, 15) is 0 Å². The molecule has 0 aliphatic carbocycles. The third kappa shape index (κ3) is 7.34. The molecule has 0 spiro atoms. The maximum atomic E-state index is 4.14. The molecule has 0 bridgehead atoms. The van der Waals surface area contributed by atoms with Crippen molar-refractivity contribution in [2.45, 2.75) is 13.8 Å². The summed E-state index contributed by atoms with van der Waals surface area (Å²) in [5.41, 5.74) is 5.04. The Morgan fingerprint density at radius 2 is 1.40 bits per heavy atom. The Balaban J connectivity index is 0.000000347. The summed E-state index contributed by atoms with van der Waals surface area (Å²) in [6.45, 7) is 6.39. The van der Waals surface area contributed by atoms with Crippen molar-refractivity contribution in [1.82, 2.24) is 5.32 Å². The molecule has 2 N–H and O–H groups in total. The normalized spacial score (nSPS) is 9.90. The Kier molecular flexibility index (Phi) is 8.57. The predicted octanol–water partition coefficient (Wildman–Crippen LogP) is 3.75. The average molecular weight is 269 g/mol. The lowest BCUT2D eigenvalue weighted by Gasteiger charge is -1.97. The minimum absolute atomic E-state index is 0.990. The maximum Gasteiger partial charge on any atom is 0.0561 e. The van der Waals surface area contributed by atoms with E-state index in [1.807, 2.05) is 60.7 Å². The molecule has 3 heteroatoms. The van der Waals surface area contributed by atoms with E-state index < -0.39 is 0 Å². The smallest absolute Gasteiger partial charge is 0.0561 e. The third-order valence-electron chi connectivity index (χ3n) is 2.48. The van der Waals surface area contributed by atoms with Gasteiger partial charge >= 0.3 is 0 Å². The van der Waals surface area contributed by atoms with Gasteiger partial charge in [-0.05, 0) is 30.8 Å². The molecule has 2 aromatic rings. The summed E-state index contributed by atoms with van der Waals surface area (Å²) < 4.78 is 0. The topological polar surface area (TPSA) is 36.4 Å². The molecule has 0 saturated heterocycles. The fourth-order valence-electron chi connectivity index (χ4n) is 1.48. The predicted molar refractivity (Wildman–Crippen MR) is 88.3 cm³/mol. The summed E-state index contributed by atoms with van der Waals surface area (Å²) in [6, 6.07) is 19.9. The number of hydrogen-bond donors (Lipinski definition) is 2. The van der Waals surface area contributed by atoms with Crippen LogP contribution < -0.4 is 10.7 Å². The Bertz CT molecular complexity index is 464. The quantitative estimate of drug-likeness (QED) is 0.640. The summed E-state index contributed by atoms with van der Waals surface area (Å²) in [5, 5.41) is 7.25. The fraction of sp³-hybridized carbons (Fsp3) is 0.235. The third-order valence-corrected chi connectivity index (χ3v) is 2.48. The number of nitrogens with one attached hydrogen (secondary N) is 2. The van der Waals surface area contributed by atoms with Crippen LogP contribution in [0.2, 0.25) is 0 Å². The van der Waals surface area contributed by atoms with Crippen molar-refractivity contribution in [2.24, 2.45) is 5.10 Å². The van der Waals surface area contributed by atoms with Gasteiger partial charge in [-0.15, -0.1) is 0 Å². The summed E-state index contributed by atoms with van der Waals surface area (Å²) in [6.07, 6.45) is 1.80. The molecular formula is C17H23N3. The van der Waals surface area contributed by atoms with Gasteiger partial charge < -0.3 is 5.32 Å². The van der Waals surface area contributed by atoms with Crippen LogP contribution in [0.1, 0.15) is 19.4 Å². The second kappa shape index (κ2) is 10.8. The van der Waals surface area contributed by atoms with Crippen LogP contribution in [-0.4, -0.2) is 19.3 Å². The number of anilines is 1. The summed E-state index contributed by atoms with van der Waals surface area (Å²) in [7, 11) is 0. The molecule has 0 amide bonds. The molecule has 0 radical (unpaired) electrons. The van der Waals surface area contributed by atoms with Crippen molar-refractivity contribution in [3.05, 3.63) is 66.2 Å². The Labute approximate surface area is 121 Å². The van der Waals surface area contributed by atoms with E-state index in [1.54, 1.807) is 6.21 Å². The molecule has 2 rings (SSSR count). The number of para-hydroxylation sites is 1. The van der Waals surface area contributed by atoms with Crippen molar-refractivity contribution in [3.63, 3.8) is 0 Å². The van der Waals surface area contributed by atoms with Gasteiger partial charge in [0, 0.05) is 0 Å². The summed E-state index contributed by atoms with van der Waals surface area (Å²) in [5.74, 6) is 0. The highest BCUT2D eigenvalue weighted by atomic mass is 15.3. The van der Waals surface area contributed by atoms with Crippen LogP contribution >= 0.6 is 0 Å². The van der Waals surface area contributed by atoms with Crippen LogP contribution in [0.25, 0.3) is 0 Å². The molecule has 0 aromatic heterocycles. The molecule has 3 nitrogen and oxygen atoms in total. The van der Waals surface area contributed by atoms with Gasteiger partial charge in [-0.3, -0.25) is 5.43 Å². The molecule has 0 fully saturated rings. The Hall–Kier alpha value is -2.13. The van der Waals surface area contributed by atoms with Gasteiger partial charge in [0.2, 0.25) is 0 Å². The standard InChI is InChI=1S/C13H12N2.C4H11N/c1-3-7-12(8-4-1)11-14-15-13-9-5-2-6-10-13;1-3-5-4-2/h1-11,15H;5H,3-4H2,1-2H3. The molecule has 0 unspecified atom stereocenters. The fourth-order valence-corrected chi connectivity index (χ4v) is 1.48. The van der Waals surface area contributed by atoms with Gasteiger partial charge in [0.05, 0.1) is 11.9 Å². The number of benzene rings is 2. The van der Waals surface area contributed by atoms with Crippen molar-refractivity contribution < 1.29 is 0 Å². The van der Waals surface area contributed by atoms with Gasteiger partial charge in [-0.1, -0.05) is 62.4 Å². The van der Waals surface area contributed by atoms with Gasteiger partial charge in [-0.2, -0.15) is 5.10 Å². The van der Waals surface area contributed by atoms with E-state index in [0.29, 0.717) is 0 Å². The molecule has 0 aliphatic rings. The highest BCUT2D eigenvalue weighted by molar-refractivity contribution is 5.79. The Morgan fingerprint density at radius 1 is 0.850 bits per heavy atom. The lowest BCUT2D eigenvalue weighted by molar-refractivity contribution is 0.762. The van der Waals surface area contributed by atoms with E-state index >= 15 is 0 Å². The lowest BCUT2D eigenvalue weighted by Crippen LogP contribution is -2.09. The molecule has 0 heterocycles. The van der Waals surface area contributed by atoms with E-state index in [2.05, 4.69) is 29.7 Å². The highest BCUT2D eigenvalue weighted by Gasteiger charge is 1.85. The largest absolute Gasteiger partial charge is 0.317 e. The zero-order chi connectivity index (χ0) is 14.5. The van der Waals surface area contributed by atoms with Crippen molar-refractivity contribution in [2.75, 3.05) is 18.5 Å². The lowest BCUT2D eigenvalue weighted by atomic mass is 10.2. The maximum absolute atomic E-state index is 4.14. The number of rotatable bonds is 5. The molecule has 2 aromatic carbocycles. The van der Waals surface area contributed by atoms with Crippen molar-refractivity contribution >= 4 is 11.9 Å². The summed E-state index contributed by atoms with van der Waals surface area (Å²) in [4.78, 5) is 0. The molecule has 106 valence electrons. The van der Waals surface area contributed by atoms with E-state index in [4.69, 9.17) is 0 Å². The van der Waals surface area contributed by atoms with E-state index in [0.717, 1.165) is 24.3 Å². The van der Waals surface area contributed by atoms with Crippen LogP contribution in [0.3, 0.4) is 0 Å². The minimum Gasteiger partial charge on any atom is -0.317 e. The van der Waals surface area contributed by atoms with Gasteiger partial charge in [0.15, 0.2) is 0 Å². The van der Waals surface area contributed by atoms with Gasteiger partial charge in [-0.25, -0.2) is 0 Å². The molecular weight excluding hydrogens is 246 g/mol.